The Balaban J connectivity index is 1.42. The molecule has 1 aliphatic heterocycles. The van der Waals surface area contributed by atoms with Crippen molar-refractivity contribution in [3.8, 4) is 0 Å². The van der Waals surface area contributed by atoms with Crippen molar-refractivity contribution in [1.29, 1.82) is 0 Å². The molecule has 3 amide bonds. The van der Waals surface area contributed by atoms with Gasteiger partial charge in [0.25, 0.3) is 17.7 Å². The van der Waals surface area contributed by atoms with Gasteiger partial charge in [-0.25, -0.2) is 0 Å². The maximum Gasteiger partial charge on any atom is 0.258 e. The highest BCUT2D eigenvalue weighted by Crippen LogP contribution is 2.18. The van der Waals surface area contributed by atoms with Crippen LogP contribution in [-0.2, 0) is 13.0 Å². The van der Waals surface area contributed by atoms with Crippen molar-refractivity contribution in [2.24, 2.45) is 0 Å². The Bertz CT molecular complexity index is 1040. The zero-order valence-electron chi connectivity index (χ0n) is 14.2. The molecular weight excluding hydrogens is 346 g/mol. The van der Waals surface area contributed by atoms with Gasteiger partial charge in [0, 0.05) is 36.8 Å². The molecule has 0 aliphatic carbocycles. The van der Waals surface area contributed by atoms with Crippen LogP contribution < -0.4 is 10.6 Å². The van der Waals surface area contributed by atoms with E-state index in [-0.39, 0.29) is 16.7 Å². The maximum atomic E-state index is 12.4. The van der Waals surface area contributed by atoms with Crippen molar-refractivity contribution in [2.75, 3.05) is 5.32 Å². The molecule has 2 N–H and O–H groups in total. The molecule has 3 aromatic rings. The topological polar surface area (TPSA) is 106 Å². The van der Waals surface area contributed by atoms with Gasteiger partial charge in [-0.1, -0.05) is 0 Å². The number of hydrogen-bond acceptors (Lipinski definition) is 5. The summed E-state index contributed by atoms with van der Waals surface area (Å²) in [5.74, 6) is -0.931. The molecule has 0 fully saturated rings. The van der Waals surface area contributed by atoms with E-state index < -0.39 is 17.7 Å². The van der Waals surface area contributed by atoms with Gasteiger partial charge in [-0.05, 0) is 42.3 Å². The lowest BCUT2D eigenvalue weighted by molar-refractivity contribution is 0.0879. The highest BCUT2D eigenvalue weighted by Gasteiger charge is 2.27. The third kappa shape index (κ3) is 3.45. The summed E-state index contributed by atoms with van der Waals surface area (Å²) >= 11 is 0. The Hall–Kier alpha value is -3.81. The second-order valence-corrected chi connectivity index (χ2v) is 6.07. The number of rotatable bonds is 5. The fourth-order valence-electron chi connectivity index (χ4n) is 2.84. The molecule has 0 radical (unpaired) electrons. The van der Waals surface area contributed by atoms with E-state index in [0.717, 1.165) is 12.0 Å². The van der Waals surface area contributed by atoms with Crippen LogP contribution in [0, 0.1) is 0 Å². The standard InChI is InChI=1S/C19H15N5O3/c25-17(13-1-2-14-15(11-13)19(27)22-18(14)26)21-16-6-10-24(23-16)9-5-12-3-7-20-8-4-12/h1-4,6-8,10-11H,5,9H2,(H,21,23,25)(H,22,26,27). The van der Waals surface area contributed by atoms with Gasteiger partial charge in [-0.15, -0.1) is 0 Å². The van der Waals surface area contributed by atoms with Crippen LogP contribution in [0.1, 0.15) is 36.6 Å². The van der Waals surface area contributed by atoms with Crippen molar-refractivity contribution in [3.05, 3.63) is 77.2 Å². The van der Waals surface area contributed by atoms with Crippen LogP contribution in [0.4, 0.5) is 5.82 Å². The highest BCUT2D eigenvalue weighted by atomic mass is 16.2. The SMILES string of the molecule is O=C(Nc1ccn(CCc2ccncc2)n1)c1ccc2c(c1)C(=O)NC2=O. The molecule has 3 heterocycles. The van der Waals surface area contributed by atoms with E-state index in [9.17, 15) is 14.4 Å². The zero-order valence-corrected chi connectivity index (χ0v) is 14.2. The number of benzene rings is 1. The van der Waals surface area contributed by atoms with Crippen LogP contribution in [0.2, 0.25) is 0 Å². The fourth-order valence-corrected chi connectivity index (χ4v) is 2.84. The van der Waals surface area contributed by atoms with Gasteiger partial charge in [0.15, 0.2) is 5.82 Å². The number of nitrogens with zero attached hydrogens (tertiary/aromatic N) is 3. The largest absolute Gasteiger partial charge is 0.305 e. The van der Waals surface area contributed by atoms with Gasteiger partial charge in [0.05, 0.1) is 11.1 Å². The molecule has 134 valence electrons. The minimum atomic E-state index is -0.495. The van der Waals surface area contributed by atoms with E-state index in [1.165, 1.54) is 18.2 Å². The van der Waals surface area contributed by atoms with Gasteiger partial charge in [-0.3, -0.25) is 29.4 Å². The number of amides is 3. The first-order valence-corrected chi connectivity index (χ1v) is 8.33. The predicted octanol–water partition coefficient (Wildman–Crippen LogP) is 1.66. The van der Waals surface area contributed by atoms with Crippen LogP contribution in [0.15, 0.2) is 55.0 Å². The Labute approximate surface area is 154 Å². The Morgan fingerprint density at radius 3 is 2.63 bits per heavy atom. The van der Waals surface area contributed by atoms with Gasteiger partial charge in [-0.2, -0.15) is 5.10 Å². The number of aryl methyl sites for hydroxylation is 2. The average molecular weight is 361 g/mol. The zero-order chi connectivity index (χ0) is 18.8. The lowest BCUT2D eigenvalue weighted by Crippen LogP contribution is -2.20. The third-order valence-corrected chi connectivity index (χ3v) is 4.26. The molecule has 0 saturated heterocycles. The number of anilines is 1. The highest BCUT2D eigenvalue weighted by molar-refractivity contribution is 6.22. The summed E-state index contributed by atoms with van der Waals surface area (Å²) in [5.41, 5.74) is 1.91. The van der Waals surface area contributed by atoms with Gasteiger partial charge in [0.2, 0.25) is 0 Å². The molecular formula is C19H15N5O3. The van der Waals surface area contributed by atoms with Crippen LogP contribution in [0.3, 0.4) is 0 Å². The molecule has 27 heavy (non-hydrogen) atoms. The summed E-state index contributed by atoms with van der Waals surface area (Å²) in [6, 6.07) is 9.98. The molecule has 8 nitrogen and oxygen atoms in total. The normalized spacial score (nSPS) is 12.6. The molecule has 0 atom stereocenters. The third-order valence-electron chi connectivity index (χ3n) is 4.26. The van der Waals surface area contributed by atoms with Crippen molar-refractivity contribution in [1.82, 2.24) is 20.1 Å². The van der Waals surface area contributed by atoms with E-state index in [1.807, 2.05) is 12.1 Å². The number of carbonyl (C=O) groups is 3. The molecule has 8 heteroatoms. The molecule has 0 bridgehead atoms. The second-order valence-electron chi connectivity index (χ2n) is 6.07. The lowest BCUT2D eigenvalue weighted by atomic mass is 10.1. The quantitative estimate of drug-likeness (QED) is 0.672. The minimum absolute atomic E-state index is 0.204. The van der Waals surface area contributed by atoms with Crippen molar-refractivity contribution < 1.29 is 14.4 Å². The predicted molar refractivity (Wildman–Crippen MR) is 96.4 cm³/mol. The van der Waals surface area contributed by atoms with E-state index in [2.05, 4.69) is 20.7 Å². The number of aromatic nitrogens is 3. The summed E-state index contributed by atoms with van der Waals surface area (Å²) in [6.07, 6.45) is 6.07. The summed E-state index contributed by atoms with van der Waals surface area (Å²) in [7, 11) is 0. The van der Waals surface area contributed by atoms with E-state index in [0.29, 0.717) is 12.4 Å². The average Bonchev–Trinajstić information content (AvgIpc) is 3.25. The van der Waals surface area contributed by atoms with E-state index in [4.69, 9.17) is 0 Å². The molecule has 1 aliphatic rings. The van der Waals surface area contributed by atoms with E-state index in [1.54, 1.807) is 29.3 Å². The maximum absolute atomic E-state index is 12.4. The van der Waals surface area contributed by atoms with Crippen LogP contribution >= 0.6 is 0 Å². The molecule has 0 saturated carbocycles. The first kappa shape index (κ1) is 16.6. The number of carbonyl (C=O) groups excluding carboxylic acids is 3. The van der Waals surface area contributed by atoms with Crippen molar-refractivity contribution in [2.45, 2.75) is 13.0 Å². The summed E-state index contributed by atoms with van der Waals surface area (Å²) < 4.78 is 1.74. The number of nitrogens with one attached hydrogen (secondary N) is 2. The Morgan fingerprint density at radius 1 is 1.04 bits per heavy atom. The Kier molecular flexibility index (Phi) is 4.21. The monoisotopic (exact) mass is 361 g/mol. The van der Waals surface area contributed by atoms with Crippen molar-refractivity contribution in [3.63, 3.8) is 0 Å². The summed E-state index contributed by atoms with van der Waals surface area (Å²) in [6.45, 7) is 0.668. The molecule has 2 aromatic heterocycles. The number of fused-ring (bicyclic) bond motifs is 1. The van der Waals surface area contributed by atoms with Crippen LogP contribution in [-0.4, -0.2) is 32.5 Å². The van der Waals surface area contributed by atoms with Crippen LogP contribution in [0.5, 0.6) is 0 Å². The molecule has 1 aromatic carbocycles. The number of pyridine rings is 1. The fraction of sp³-hybridized carbons (Fsp3) is 0.105. The molecule has 0 unspecified atom stereocenters. The lowest BCUT2D eigenvalue weighted by Gasteiger charge is -2.04. The minimum Gasteiger partial charge on any atom is -0.305 e. The van der Waals surface area contributed by atoms with Gasteiger partial charge >= 0.3 is 0 Å². The smallest absolute Gasteiger partial charge is 0.258 e. The molecule has 0 spiro atoms. The first-order chi connectivity index (χ1) is 13.1. The van der Waals surface area contributed by atoms with Crippen LogP contribution in [0.25, 0.3) is 0 Å². The van der Waals surface area contributed by atoms with Gasteiger partial charge < -0.3 is 5.32 Å². The number of imide groups is 1. The second kappa shape index (κ2) is 6.83. The van der Waals surface area contributed by atoms with E-state index >= 15 is 0 Å². The first-order valence-electron chi connectivity index (χ1n) is 8.33. The van der Waals surface area contributed by atoms with Gasteiger partial charge in [0.1, 0.15) is 0 Å². The molecule has 4 rings (SSSR count). The summed E-state index contributed by atoms with van der Waals surface area (Å²) in [5, 5.41) is 9.22. The van der Waals surface area contributed by atoms with Crippen molar-refractivity contribution >= 4 is 23.5 Å². The number of hydrogen-bond donors (Lipinski definition) is 2. The Morgan fingerprint density at radius 2 is 1.81 bits per heavy atom. The summed E-state index contributed by atoms with van der Waals surface area (Å²) in [4.78, 5) is 39.7.